The van der Waals surface area contributed by atoms with Gasteiger partial charge < -0.3 is 14.5 Å². The van der Waals surface area contributed by atoms with E-state index in [1.165, 1.54) is 4.31 Å². The van der Waals surface area contributed by atoms with Crippen LogP contribution in [0.1, 0.15) is 34.6 Å². The average Bonchev–Trinajstić information content (AvgIpc) is 2.70. The fourth-order valence-electron chi connectivity index (χ4n) is 3.76. The predicted octanol–water partition coefficient (Wildman–Crippen LogP) is 3.32. The summed E-state index contributed by atoms with van der Waals surface area (Å²) in [7, 11) is -1.83. The Labute approximate surface area is 184 Å². The minimum Gasteiger partial charge on any atom is -0.444 e. The molecule has 0 N–H and O–H groups in total. The standard InChI is InChI=1S/C22H32N4O4S/c1-7-24(6)20-18-9-8-10-19(17(18)11-12-23-20)31(28,29)26-14-13-25(15-16(26)2)21(27)30-22(3,4)5/h8-12,16H,7,13-15H2,1-6H3/t16-/m0/s1. The summed E-state index contributed by atoms with van der Waals surface area (Å²) in [6.07, 6.45) is 1.23. The number of hydrogen-bond acceptors (Lipinski definition) is 6. The van der Waals surface area contributed by atoms with Gasteiger partial charge in [0.1, 0.15) is 11.4 Å². The fraction of sp³-hybridized carbons (Fsp3) is 0.545. The molecule has 0 aliphatic carbocycles. The molecular weight excluding hydrogens is 416 g/mol. The summed E-state index contributed by atoms with van der Waals surface area (Å²) in [5.41, 5.74) is -0.593. The van der Waals surface area contributed by atoms with Crippen LogP contribution in [-0.4, -0.2) is 73.6 Å². The lowest BCUT2D eigenvalue weighted by molar-refractivity contribution is 0.0143. The van der Waals surface area contributed by atoms with Gasteiger partial charge in [-0.1, -0.05) is 12.1 Å². The van der Waals surface area contributed by atoms with E-state index in [9.17, 15) is 13.2 Å². The van der Waals surface area contributed by atoms with Gasteiger partial charge in [0.05, 0.1) is 4.90 Å². The smallest absolute Gasteiger partial charge is 0.410 e. The summed E-state index contributed by atoms with van der Waals surface area (Å²) >= 11 is 0. The molecule has 170 valence electrons. The van der Waals surface area contributed by atoms with Gasteiger partial charge >= 0.3 is 6.09 Å². The van der Waals surface area contributed by atoms with Crippen LogP contribution >= 0.6 is 0 Å². The Morgan fingerprint density at radius 1 is 1.23 bits per heavy atom. The summed E-state index contributed by atoms with van der Waals surface area (Å²) in [4.78, 5) is 20.7. The Hall–Kier alpha value is -2.39. The summed E-state index contributed by atoms with van der Waals surface area (Å²) < 4.78 is 34.2. The Morgan fingerprint density at radius 2 is 1.94 bits per heavy atom. The molecule has 1 aliphatic heterocycles. The number of amides is 1. The lowest BCUT2D eigenvalue weighted by Gasteiger charge is -2.39. The first kappa shape index (κ1) is 23.3. The molecule has 1 aromatic heterocycles. The summed E-state index contributed by atoms with van der Waals surface area (Å²) in [5.74, 6) is 0.750. The number of benzene rings is 1. The number of pyridine rings is 1. The van der Waals surface area contributed by atoms with Crippen molar-refractivity contribution in [3.63, 3.8) is 0 Å². The highest BCUT2D eigenvalue weighted by atomic mass is 32.2. The highest BCUT2D eigenvalue weighted by Crippen LogP contribution is 2.32. The Kier molecular flexibility index (Phi) is 6.48. The maximum atomic E-state index is 13.6. The van der Waals surface area contributed by atoms with Crippen molar-refractivity contribution in [2.45, 2.75) is 51.2 Å². The first-order valence-corrected chi connectivity index (χ1v) is 12.0. The van der Waals surface area contributed by atoms with Crippen molar-refractivity contribution in [3.8, 4) is 0 Å². The van der Waals surface area contributed by atoms with Gasteiger partial charge in [-0.2, -0.15) is 4.31 Å². The van der Waals surface area contributed by atoms with Crippen molar-refractivity contribution in [3.05, 3.63) is 30.5 Å². The van der Waals surface area contributed by atoms with E-state index < -0.39 is 21.7 Å². The number of nitrogens with zero attached hydrogens (tertiary/aromatic N) is 4. The minimum absolute atomic E-state index is 0.214. The van der Waals surface area contributed by atoms with E-state index in [1.54, 1.807) is 29.3 Å². The number of carbonyl (C=O) groups excluding carboxylic acids is 1. The molecule has 0 spiro atoms. The van der Waals surface area contributed by atoms with E-state index >= 15 is 0 Å². The van der Waals surface area contributed by atoms with Crippen LogP contribution in [0.15, 0.2) is 35.4 Å². The largest absolute Gasteiger partial charge is 0.444 e. The van der Waals surface area contributed by atoms with E-state index in [0.29, 0.717) is 5.39 Å². The zero-order valence-electron chi connectivity index (χ0n) is 19.1. The van der Waals surface area contributed by atoms with Crippen molar-refractivity contribution in [1.29, 1.82) is 0 Å². The van der Waals surface area contributed by atoms with Gasteiger partial charge in [-0.15, -0.1) is 0 Å². The normalized spacial score (nSPS) is 18.3. The summed E-state index contributed by atoms with van der Waals surface area (Å²) in [5, 5.41) is 1.45. The molecule has 1 saturated heterocycles. The molecular formula is C22H32N4O4S. The number of carbonyl (C=O) groups is 1. The molecule has 1 fully saturated rings. The van der Waals surface area contributed by atoms with Crippen LogP contribution in [0.2, 0.25) is 0 Å². The van der Waals surface area contributed by atoms with Crippen molar-refractivity contribution in [2.24, 2.45) is 0 Å². The zero-order valence-corrected chi connectivity index (χ0v) is 19.9. The van der Waals surface area contributed by atoms with Crippen molar-refractivity contribution in [2.75, 3.05) is 38.1 Å². The van der Waals surface area contributed by atoms with Crippen LogP contribution in [0.4, 0.5) is 10.6 Å². The van der Waals surface area contributed by atoms with Gasteiger partial charge in [0, 0.05) is 56.2 Å². The van der Waals surface area contributed by atoms with Gasteiger partial charge in [-0.3, -0.25) is 0 Å². The predicted molar refractivity (Wildman–Crippen MR) is 122 cm³/mol. The lowest BCUT2D eigenvalue weighted by Crippen LogP contribution is -2.56. The van der Waals surface area contributed by atoms with E-state index in [2.05, 4.69) is 4.98 Å². The van der Waals surface area contributed by atoms with Gasteiger partial charge in [-0.25, -0.2) is 18.2 Å². The number of aromatic nitrogens is 1. The van der Waals surface area contributed by atoms with Gasteiger partial charge in [0.2, 0.25) is 10.0 Å². The first-order valence-electron chi connectivity index (χ1n) is 10.5. The molecule has 1 aromatic carbocycles. The molecule has 31 heavy (non-hydrogen) atoms. The van der Waals surface area contributed by atoms with Crippen LogP contribution in [0, 0.1) is 0 Å². The number of ether oxygens (including phenoxy) is 1. The highest BCUT2D eigenvalue weighted by Gasteiger charge is 2.37. The van der Waals surface area contributed by atoms with Crippen LogP contribution in [0.25, 0.3) is 10.8 Å². The number of fused-ring (bicyclic) bond motifs is 1. The maximum Gasteiger partial charge on any atom is 0.410 e. The molecule has 1 amide bonds. The van der Waals surface area contributed by atoms with Crippen LogP contribution < -0.4 is 4.90 Å². The molecule has 2 aromatic rings. The Morgan fingerprint density at radius 3 is 2.55 bits per heavy atom. The fourth-order valence-corrected chi connectivity index (χ4v) is 5.58. The monoisotopic (exact) mass is 448 g/mol. The molecule has 3 rings (SSSR count). The van der Waals surface area contributed by atoms with Crippen LogP contribution in [0.3, 0.4) is 0 Å². The minimum atomic E-state index is -3.76. The van der Waals surface area contributed by atoms with Crippen molar-refractivity contribution < 1.29 is 17.9 Å². The lowest BCUT2D eigenvalue weighted by atomic mass is 10.1. The SMILES string of the molecule is CCN(C)c1nccc2c(S(=O)(=O)N3CCN(C(=O)OC(C)(C)C)C[C@@H]3C)cccc12. The number of anilines is 1. The average molecular weight is 449 g/mol. The molecule has 0 radical (unpaired) electrons. The highest BCUT2D eigenvalue weighted by molar-refractivity contribution is 7.89. The molecule has 0 unspecified atom stereocenters. The van der Waals surface area contributed by atoms with Crippen molar-refractivity contribution >= 4 is 32.7 Å². The molecule has 0 saturated carbocycles. The Balaban J connectivity index is 1.91. The number of sulfonamides is 1. The zero-order chi connectivity index (χ0) is 23.0. The molecule has 0 bridgehead atoms. The Bertz CT molecular complexity index is 1060. The van der Waals surface area contributed by atoms with Crippen molar-refractivity contribution in [1.82, 2.24) is 14.2 Å². The second-order valence-corrected chi connectivity index (χ2v) is 10.8. The van der Waals surface area contributed by atoms with E-state index in [-0.39, 0.29) is 30.6 Å². The van der Waals surface area contributed by atoms with E-state index in [1.807, 2.05) is 52.6 Å². The van der Waals surface area contributed by atoms with E-state index in [4.69, 9.17) is 4.74 Å². The summed E-state index contributed by atoms with van der Waals surface area (Å²) in [6, 6.07) is 6.66. The number of piperazine rings is 1. The van der Waals surface area contributed by atoms with Crippen LogP contribution in [-0.2, 0) is 14.8 Å². The number of rotatable bonds is 4. The van der Waals surface area contributed by atoms with Gasteiger partial charge in [-0.05, 0) is 46.8 Å². The molecule has 2 heterocycles. The molecule has 1 atom stereocenters. The van der Waals surface area contributed by atoms with E-state index in [0.717, 1.165) is 17.7 Å². The van der Waals surface area contributed by atoms with Gasteiger partial charge in [0.15, 0.2) is 0 Å². The second-order valence-electron chi connectivity index (χ2n) is 8.89. The number of hydrogen-bond donors (Lipinski definition) is 0. The maximum absolute atomic E-state index is 13.6. The third kappa shape index (κ3) is 4.77. The first-order chi connectivity index (χ1) is 14.5. The quantitative estimate of drug-likeness (QED) is 0.714. The third-order valence-corrected chi connectivity index (χ3v) is 7.46. The molecule has 1 aliphatic rings. The third-order valence-electron chi connectivity index (χ3n) is 5.39. The summed E-state index contributed by atoms with van der Waals surface area (Å²) in [6.45, 7) is 10.8. The second kappa shape index (κ2) is 8.63. The molecule has 9 heteroatoms. The molecule has 8 nitrogen and oxygen atoms in total. The van der Waals surface area contributed by atoms with Crippen LogP contribution in [0.5, 0.6) is 0 Å². The van der Waals surface area contributed by atoms with Gasteiger partial charge in [0.25, 0.3) is 0 Å². The topological polar surface area (TPSA) is 83.1 Å².